The molecular weight excluding hydrogens is 357 g/mol. The summed E-state index contributed by atoms with van der Waals surface area (Å²) in [6, 6.07) is 7.61. The second kappa shape index (κ2) is 6.67. The summed E-state index contributed by atoms with van der Waals surface area (Å²) in [4.78, 5) is 10.4. The van der Waals surface area contributed by atoms with Gasteiger partial charge in [-0.1, -0.05) is 12.1 Å². The van der Waals surface area contributed by atoms with Crippen LogP contribution in [-0.2, 0) is 19.1 Å². The van der Waals surface area contributed by atoms with Crippen LogP contribution in [-0.4, -0.2) is 33.0 Å². The first-order valence-electron chi connectivity index (χ1n) is 9.00. The van der Waals surface area contributed by atoms with E-state index in [-0.39, 0.29) is 12.0 Å². The molecule has 1 aliphatic rings. The van der Waals surface area contributed by atoms with Crippen LogP contribution < -0.4 is 0 Å². The lowest BCUT2D eigenvalue weighted by molar-refractivity contribution is -0.141. The molecule has 27 heavy (non-hydrogen) atoms. The van der Waals surface area contributed by atoms with Crippen molar-refractivity contribution in [3.05, 3.63) is 47.9 Å². The molecule has 0 amide bonds. The van der Waals surface area contributed by atoms with Crippen LogP contribution in [0, 0.1) is 5.92 Å². The van der Waals surface area contributed by atoms with Gasteiger partial charge in [-0.05, 0) is 38.4 Å². The maximum Gasteiger partial charge on any atom is 0.434 e. The van der Waals surface area contributed by atoms with Crippen LogP contribution >= 0.6 is 0 Å². The van der Waals surface area contributed by atoms with E-state index in [0.29, 0.717) is 24.7 Å². The van der Waals surface area contributed by atoms with Crippen molar-refractivity contribution in [2.24, 2.45) is 5.92 Å². The minimum absolute atomic E-state index is 0.0210. The van der Waals surface area contributed by atoms with E-state index in [1.54, 1.807) is 4.57 Å². The first-order chi connectivity index (χ1) is 12.8. The molecule has 0 spiro atoms. The van der Waals surface area contributed by atoms with Gasteiger partial charge in [0, 0.05) is 25.7 Å². The third-order valence-corrected chi connectivity index (χ3v) is 5.26. The Balaban J connectivity index is 1.43. The summed E-state index contributed by atoms with van der Waals surface area (Å²) in [5.41, 5.74) is 0.785. The predicted octanol–water partition coefficient (Wildman–Crippen LogP) is 4.30. The third kappa shape index (κ3) is 3.58. The Labute approximate surface area is 154 Å². The average Bonchev–Trinajstić information content (AvgIpc) is 3.24. The Bertz CT molecular complexity index is 913. The van der Waals surface area contributed by atoms with Gasteiger partial charge in [0.15, 0.2) is 11.3 Å². The Morgan fingerprint density at radius 3 is 2.81 bits per heavy atom. The van der Waals surface area contributed by atoms with Crippen molar-refractivity contribution in [3.8, 4) is 0 Å². The number of hydrogen-bond donors (Lipinski definition) is 0. The number of nitrogens with zero attached hydrogens (tertiary/aromatic N) is 4. The molecule has 8 heteroatoms. The highest BCUT2D eigenvalue weighted by Gasteiger charge is 2.36. The van der Waals surface area contributed by atoms with Crippen LogP contribution in [0.4, 0.5) is 13.2 Å². The van der Waals surface area contributed by atoms with Crippen LogP contribution in [0.25, 0.3) is 11.1 Å². The first-order valence-corrected chi connectivity index (χ1v) is 9.00. The lowest BCUT2D eigenvalue weighted by Crippen LogP contribution is -2.33. The monoisotopic (exact) mass is 378 g/mol. The van der Waals surface area contributed by atoms with Gasteiger partial charge in [0.2, 0.25) is 5.89 Å². The zero-order valence-electron chi connectivity index (χ0n) is 15.2. The Hall–Kier alpha value is -2.35. The molecule has 0 unspecified atom stereocenters. The number of benzene rings is 1. The molecule has 3 heterocycles. The minimum Gasteiger partial charge on any atom is -0.439 e. The Kier molecular flexibility index (Phi) is 4.46. The SMILES string of the molecule is C[C@@H](c1nc2ccccc2o1)N(C)C[C@@H]1CCc2nc(C(F)(F)F)cn2C1. The number of fused-ring (bicyclic) bond motifs is 2. The maximum atomic E-state index is 12.9. The largest absolute Gasteiger partial charge is 0.439 e. The van der Waals surface area contributed by atoms with Crippen LogP contribution in [0.2, 0.25) is 0 Å². The fourth-order valence-corrected chi connectivity index (χ4v) is 3.62. The van der Waals surface area contributed by atoms with Crippen LogP contribution in [0.15, 0.2) is 34.9 Å². The summed E-state index contributed by atoms with van der Waals surface area (Å²) in [5.74, 6) is 1.43. The van der Waals surface area contributed by atoms with Crippen LogP contribution in [0.3, 0.4) is 0 Å². The van der Waals surface area contributed by atoms with Gasteiger partial charge >= 0.3 is 6.18 Å². The highest BCUT2D eigenvalue weighted by Crippen LogP contribution is 2.31. The summed E-state index contributed by atoms with van der Waals surface area (Å²) >= 11 is 0. The van der Waals surface area contributed by atoms with Crippen molar-refractivity contribution in [2.75, 3.05) is 13.6 Å². The summed E-state index contributed by atoms with van der Waals surface area (Å²) < 4.78 is 46.1. The molecule has 0 aliphatic carbocycles. The van der Waals surface area contributed by atoms with Gasteiger partial charge in [-0.25, -0.2) is 9.97 Å². The molecular formula is C19H21F3N4O. The molecule has 2 atom stereocenters. The van der Waals surface area contributed by atoms with Gasteiger partial charge in [-0.2, -0.15) is 13.2 Å². The van der Waals surface area contributed by atoms with Crippen molar-refractivity contribution in [1.29, 1.82) is 0 Å². The number of rotatable bonds is 4. The topological polar surface area (TPSA) is 47.1 Å². The van der Waals surface area contributed by atoms with Crippen LogP contribution in [0.1, 0.15) is 36.8 Å². The van der Waals surface area contributed by atoms with E-state index in [4.69, 9.17) is 4.42 Å². The minimum atomic E-state index is -4.39. The van der Waals surface area contributed by atoms with Gasteiger partial charge < -0.3 is 8.98 Å². The molecule has 2 aromatic heterocycles. The summed E-state index contributed by atoms with van der Waals surface area (Å²) in [5, 5.41) is 0. The van der Waals surface area contributed by atoms with Crippen molar-refractivity contribution >= 4 is 11.1 Å². The van der Waals surface area contributed by atoms with E-state index in [1.165, 1.54) is 0 Å². The summed E-state index contributed by atoms with van der Waals surface area (Å²) in [6.45, 7) is 3.32. The maximum absolute atomic E-state index is 12.9. The lowest BCUT2D eigenvalue weighted by Gasteiger charge is -2.30. The number of aromatic nitrogens is 3. The number of imidazole rings is 1. The summed E-state index contributed by atoms with van der Waals surface area (Å²) in [6.07, 6.45) is -1.88. The van der Waals surface area contributed by atoms with E-state index in [1.807, 2.05) is 38.2 Å². The standard InChI is InChI=1S/C19H21F3N4O/c1-12(18-23-14-5-3-4-6-15(14)27-18)25(2)9-13-7-8-17-24-16(19(20,21)22)11-26(17)10-13/h3-6,11-13H,7-10H2,1-2H3/t12-,13-/m0/s1. The highest BCUT2D eigenvalue weighted by molar-refractivity contribution is 5.72. The molecule has 0 saturated carbocycles. The zero-order valence-corrected chi connectivity index (χ0v) is 15.2. The number of aryl methyl sites for hydroxylation is 1. The predicted molar refractivity (Wildman–Crippen MR) is 94.1 cm³/mol. The molecule has 0 N–H and O–H groups in total. The zero-order chi connectivity index (χ0) is 19.2. The number of para-hydroxylation sites is 2. The van der Waals surface area contributed by atoms with Gasteiger partial charge in [0.25, 0.3) is 0 Å². The smallest absolute Gasteiger partial charge is 0.434 e. The molecule has 4 rings (SSSR count). The molecule has 0 saturated heterocycles. The highest BCUT2D eigenvalue weighted by atomic mass is 19.4. The quantitative estimate of drug-likeness (QED) is 0.679. The third-order valence-electron chi connectivity index (χ3n) is 5.26. The normalized spacial score (nSPS) is 18.8. The average molecular weight is 378 g/mol. The van der Waals surface area contributed by atoms with Gasteiger partial charge in [0.05, 0.1) is 6.04 Å². The number of hydrogen-bond acceptors (Lipinski definition) is 4. The molecule has 144 valence electrons. The van der Waals surface area contributed by atoms with E-state index in [2.05, 4.69) is 14.9 Å². The Morgan fingerprint density at radius 2 is 2.07 bits per heavy atom. The molecule has 1 aliphatic heterocycles. The fourth-order valence-electron chi connectivity index (χ4n) is 3.62. The summed E-state index contributed by atoms with van der Waals surface area (Å²) in [7, 11) is 1.99. The number of alkyl halides is 3. The van der Waals surface area contributed by atoms with Gasteiger partial charge in [-0.15, -0.1) is 0 Å². The van der Waals surface area contributed by atoms with Crippen molar-refractivity contribution in [3.63, 3.8) is 0 Å². The van der Waals surface area contributed by atoms with Crippen molar-refractivity contribution in [1.82, 2.24) is 19.4 Å². The van der Waals surface area contributed by atoms with Crippen LogP contribution in [0.5, 0.6) is 0 Å². The number of halogens is 3. The van der Waals surface area contributed by atoms with E-state index >= 15 is 0 Å². The van der Waals surface area contributed by atoms with Crippen molar-refractivity contribution in [2.45, 2.75) is 38.5 Å². The van der Waals surface area contributed by atoms with E-state index in [9.17, 15) is 13.2 Å². The molecule has 3 aromatic rings. The Morgan fingerprint density at radius 1 is 1.30 bits per heavy atom. The lowest BCUT2D eigenvalue weighted by atomic mass is 9.98. The van der Waals surface area contributed by atoms with Gasteiger partial charge in [0.1, 0.15) is 11.3 Å². The second-order valence-corrected chi connectivity index (χ2v) is 7.23. The molecule has 0 radical (unpaired) electrons. The molecule has 0 bridgehead atoms. The molecule has 5 nitrogen and oxygen atoms in total. The molecule has 1 aromatic carbocycles. The molecule has 0 fully saturated rings. The van der Waals surface area contributed by atoms with E-state index < -0.39 is 11.9 Å². The first kappa shape index (κ1) is 18.0. The second-order valence-electron chi connectivity index (χ2n) is 7.23. The number of oxazole rings is 1. The van der Waals surface area contributed by atoms with Gasteiger partial charge in [-0.3, -0.25) is 4.90 Å². The van der Waals surface area contributed by atoms with E-state index in [0.717, 1.165) is 30.3 Å². The fraction of sp³-hybridized carbons (Fsp3) is 0.474. The van der Waals surface area contributed by atoms with Crippen molar-refractivity contribution < 1.29 is 17.6 Å².